The van der Waals surface area contributed by atoms with Crippen LogP contribution in [0.25, 0.3) is 0 Å². The van der Waals surface area contributed by atoms with Crippen LogP contribution in [0.3, 0.4) is 0 Å². The van der Waals surface area contributed by atoms with Crippen LogP contribution in [-0.4, -0.2) is 35.6 Å². The highest BCUT2D eigenvalue weighted by Crippen LogP contribution is 2.12. The first-order valence-electron chi connectivity index (χ1n) is 5.91. The van der Waals surface area contributed by atoms with E-state index in [1.54, 1.807) is 34.6 Å². The van der Waals surface area contributed by atoms with E-state index in [0.29, 0.717) is 13.0 Å². The number of carbonyl (C=O) groups is 2. The Morgan fingerprint density at radius 3 is 2.18 bits per heavy atom. The van der Waals surface area contributed by atoms with Crippen molar-refractivity contribution in [2.45, 2.75) is 53.2 Å². The fourth-order valence-corrected chi connectivity index (χ4v) is 1.04. The van der Waals surface area contributed by atoms with Crippen molar-refractivity contribution < 1.29 is 14.7 Å². The average Bonchev–Trinajstić information content (AvgIpc) is 2.15. The molecule has 0 radical (unpaired) electrons. The first kappa shape index (κ1) is 15.9. The second kappa shape index (κ2) is 6.59. The van der Waals surface area contributed by atoms with Crippen LogP contribution in [0.15, 0.2) is 0 Å². The molecule has 0 aliphatic heterocycles. The largest absolute Gasteiger partial charge is 0.393 e. The summed E-state index contributed by atoms with van der Waals surface area (Å²) in [4.78, 5) is 23.2. The number of rotatable bonds is 5. The SMILES string of the molecule is CC(O)CCNC(=O)C(C)NC(=O)C(C)(C)C. The molecule has 5 nitrogen and oxygen atoms in total. The Kier molecular flexibility index (Phi) is 6.16. The molecule has 0 saturated heterocycles. The van der Waals surface area contributed by atoms with E-state index < -0.39 is 17.6 Å². The van der Waals surface area contributed by atoms with Gasteiger partial charge in [0.25, 0.3) is 0 Å². The van der Waals surface area contributed by atoms with Crippen LogP contribution in [0.4, 0.5) is 0 Å². The Hall–Kier alpha value is -1.10. The first-order chi connectivity index (χ1) is 7.64. The molecule has 5 heteroatoms. The third kappa shape index (κ3) is 6.94. The summed E-state index contributed by atoms with van der Waals surface area (Å²) in [7, 11) is 0. The van der Waals surface area contributed by atoms with Gasteiger partial charge in [-0.25, -0.2) is 0 Å². The van der Waals surface area contributed by atoms with Gasteiger partial charge in [0.15, 0.2) is 0 Å². The number of nitrogens with one attached hydrogen (secondary N) is 2. The predicted molar refractivity (Wildman–Crippen MR) is 66.4 cm³/mol. The molecule has 0 spiro atoms. The van der Waals surface area contributed by atoms with Gasteiger partial charge in [-0.2, -0.15) is 0 Å². The van der Waals surface area contributed by atoms with Gasteiger partial charge in [0.05, 0.1) is 6.10 Å². The predicted octanol–water partition coefficient (Wildman–Crippen LogP) is 0.424. The minimum Gasteiger partial charge on any atom is -0.393 e. The second-order valence-corrected chi connectivity index (χ2v) is 5.37. The zero-order valence-corrected chi connectivity index (χ0v) is 11.3. The third-order valence-corrected chi connectivity index (χ3v) is 2.28. The molecule has 3 N–H and O–H groups in total. The average molecular weight is 244 g/mol. The van der Waals surface area contributed by atoms with Gasteiger partial charge in [-0.05, 0) is 20.3 Å². The molecule has 0 aromatic carbocycles. The molecule has 2 amide bonds. The monoisotopic (exact) mass is 244 g/mol. The number of hydrogen-bond acceptors (Lipinski definition) is 3. The van der Waals surface area contributed by atoms with Gasteiger partial charge in [-0.1, -0.05) is 20.8 Å². The minimum absolute atomic E-state index is 0.157. The van der Waals surface area contributed by atoms with E-state index >= 15 is 0 Å². The Morgan fingerprint density at radius 2 is 1.76 bits per heavy atom. The third-order valence-electron chi connectivity index (χ3n) is 2.28. The van der Waals surface area contributed by atoms with Gasteiger partial charge in [-0.15, -0.1) is 0 Å². The van der Waals surface area contributed by atoms with Gasteiger partial charge in [0, 0.05) is 12.0 Å². The van der Waals surface area contributed by atoms with E-state index in [0.717, 1.165) is 0 Å². The molecular formula is C12H24N2O3. The second-order valence-electron chi connectivity index (χ2n) is 5.37. The summed E-state index contributed by atoms with van der Waals surface area (Å²) >= 11 is 0. The summed E-state index contributed by atoms with van der Waals surface area (Å²) < 4.78 is 0. The molecule has 100 valence electrons. The maximum Gasteiger partial charge on any atom is 0.242 e. The van der Waals surface area contributed by atoms with Crippen LogP contribution in [0, 0.1) is 5.41 Å². The van der Waals surface area contributed by atoms with E-state index in [4.69, 9.17) is 5.11 Å². The summed E-state index contributed by atoms with van der Waals surface area (Å²) in [5.41, 5.74) is -0.506. The maximum absolute atomic E-state index is 11.6. The van der Waals surface area contributed by atoms with Crippen LogP contribution in [0.5, 0.6) is 0 Å². The molecule has 0 fully saturated rings. The Morgan fingerprint density at radius 1 is 1.24 bits per heavy atom. The molecule has 0 rings (SSSR count). The fraction of sp³-hybridized carbons (Fsp3) is 0.833. The Bertz CT molecular complexity index is 269. The lowest BCUT2D eigenvalue weighted by Gasteiger charge is -2.21. The lowest BCUT2D eigenvalue weighted by Crippen LogP contribution is -2.48. The van der Waals surface area contributed by atoms with E-state index in [-0.39, 0.29) is 11.8 Å². The number of hydrogen-bond donors (Lipinski definition) is 3. The molecule has 0 aromatic heterocycles. The van der Waals surface area contributed by atoms with Crippen molar-refractivity contribution in [3.05, 3.63) is 0 Å². The Labute approximate surface area is 103 Å². The molecule has 0 heterocycles. The topological polar surface area (TPSA) is 78.4 Å². The van der Waals surface area contributed by atoms with Crippen molar-refractivity contribution in [3.8, 4) is 0 Å². The van der Waals surface area contributed by atoms with Crippen molar-refractivity contribution in [1.82, 2.24) is 10.6 Å². The van der Waals surface area contributed by atoms with E-state index in [9.17, 15) is 9.59 Å². The van der Waals surface area contributed by atoms with Crippen LogP contribution in [-0.2, 0) is 9.59 Å². The van der Waals surface area contributed by atoms with Gasteiger partial charge in [-0.3, -0.25) is 9.59 Å². The van der Waals surface area contributed by atoms with E-state index in [1.807, 2.05) is 0 Å². The summed E-state index contributed by atoms with van der Waals surface area (Å²) in [6, 6.07) is -0.560. The number of aliphatic hydroxyl groups excluding tert-OH is 1. The summed E-state index contributed by atoms with van der Waals surface area (Å²) in [6.45, 7) is 9.09. The normalized spacial score (nSPS) is 14.9. The summed E-state index contributed by atoms with van der Waals surface area (Å²) in [6.07, 6.45) is 0.0702. The van der Waals surface area contributed by atoms with Crippen molar-refractivity contribution in [2.75, 3.05) is 6.54 Å². The number of aliphatic hydroxyl groups is 1. The van der Waals surface area contributed by atoms with Crippen molar-refractivity contribution in [1.29, 1.82) is 0 Å². The highest BCUT2D eigenvalue weighted by molar-refractivity contribution is 5.89. The van der Waals surface area contributed by atoms with Gasteiger partial charge in [0.1, 0.15) is 6.04 Å². The van der Waals surface area contributed by atoms with Crippen LogP contribution in [0.2, 0.25) is 0 Å². The standard InChI is InChI=1S/C12H24N2O3/c1-8(15)6-7-13-10(16)9(2)14-11(17)12(3,4)5/h8-9,15H,6-7H2,1-5H3,(H,13,16)(H,14,17). The highest BCUT2D eigenvalue weighted by atomic mass is 16.3. The molecular weight excluding hydrogens is 220 g/mol. The van der Waals surface area contributed by atoms with Gasteiger partial charge < -0.3 is 15.7 Å². The lowest BCUT2D eigenvalue weighted by molar-refractivity contribution is -0.133. The molecule has 2 unspecified atom stereocenters. The van der Waals surface area contributed by atoms with E-state index in [1.165, 1.54) is 0 Å². The maximum atomic E-state index is 11.6. The lowest BCUT2D eigenvalue weighted by atomic mass is 9.95. The van der Waals surface area contributed by atoms with Gasteiger partial charge >= 0.3 is 0 Å². The minimum atomic E-state index is -0.560. The highest BCUT2D eigenvalue weighted by Gasteiger charge is 2.24. The van der Waals surface area contributed by atoms with Crippen LogP contribution in [0.1, 0.15) is 41.0 Å². The molecule has 0 aliphatic carbocycles. The smallest absolute Gasteiger partial charge is 0.242 e. The quantitative estimate of drug-likeness (QED) is 0.656. The molecule has 0 aliphatic rings. The van der Waals surface area contributed by atoms with Crippen molar-refractivity contribution >= 4 is 11.8 Å². The Balaban J connectivity index is 4.02. The molecule has 2 atom stereocenters. The number of amides is 2. The van der Waals surface area contributed by atoms with Crippen molar-refractivity contribution in [3.63, 3.8) is 0 Å². The molecule has 0 bridgehead atoms. The first-order valence-corrected chi connectivity index (χ1v) is 5.91. The van der Waals surface area contributed by atoms with E-state index in [2.05, 4.69) is 10.6 Å². The zero-order valence-electron chi connectivity index (χ0n) is 11.3. The summed E-state index contributed by atoms with van der Waals surface area (Å²) in [5.74, 6) is -0.390. The van der Waals surface area contributed by atoms with Crippen LogP contribution < -0.4 is 10.6 Å². The van der Waals surface area contributed by atoms with Crippen molar-refractivity contribution in [2.24, 2.45) is 5.41 Å². The van der Waals surface area contributed by atoms with Gasteiger partial charge in [0.2, 0.25) is 11.8 Å². The number of carbonyl (C=O) groups excluding carboxylic acids is 2. The summed E-state index contributed by atoms with van der Waals surface area (Å²) in [5, 5.41) is 14.3. The molecule has 17 heavy (non-hydrogen) atoms. The zero-order chi connectivity index (χ0) is 13.6. The molecule has 0 saturated carbocycles. The molecule has 0 aromatic rings. The fourth-order valence-electron chi connectivity index (χ4n) is 1.04. The van der Waals surface area contributed by atoms with Crippen LogP contribution >= 0.6 is 0 Å².